The maximum atomic E-state index is 13.6. The fourth-order valence-corrected chi connectivity index (χ4v) is 4.79. The van der Waals surface area contributed by atoms with Crippen LogP contribution in [0.25, 0.3) is 0 Å². The number of aryl methyl sites for hydroxylation is 1. The number of ether oxygens (including phenoxy) is 1. The molecule has 3 aromatic rings. The van der Waals surface area contributed by atoms with E-state index in [4.69, 9.17) is 16.3 Å². The highest BCUT2D eigenvalue weighted by molar-refractivity contribution is 6.30. The summed E-state index contributed by atoms with van der Waals surface area (Å²) in [5, 5.41) is 6.61. The van der Waals surface area contributed by atoms with Crippen molar-refractivity contribution in [1.82, 2.24) is 5.32 Å². The molecule has 5 rings (SSSR count). The molecule has 2 aliphatic rings. The first-order chi connectivity index (χ1) is 15.4. The van der Waals surface area contributed by atoms with Crippen molar-refractivity contribution in [3.05, 3.63) is 88.9 Å². The fourth-order valence-electron chi connectivity index (χ4n) is 4.66. The zero-order valence-electron chi connectivity index (χ0n) is 17.6. The van der Waals surface area contributed by atoms with Gasteiger partial charge in [0.25, 0.3) is 0 Å². The number of carbonyl (C=O) groups excluding carboxylic acids is 2. The van der Waals surface area contributed by atoms with E-state index in [1.165, 1.54) is 0 Å². The van der Waals surface area contributed by atoms with Crippen LogP contribution in [-0.2, 0) is 4.79 Å². The number of carbonyl (C=O) groups is 2. The highest BCUT2D eigenvalue weighted by atomic mass is 35.5. The van der Waals surface area contributed by atoms with Gasteiger partial charge in [-0.2, -0.15) is 0 Å². The monoisotopic (exact) mass is 447 g/mol. The number of amides is 3. The smallest absolute Gasteiger partial charge is 0.325 e. The average Bonchev–Trinajstić information content (AvgIpc) is 2.76. The molecule has 0 unspecified atom stereocenters. The van der Waals surface area contributed by atoms with Crippen molar-refractivity contribution in [3.63, 3.8) is 0 Å². The zero-order chi connectivity index (χ0) is 22.5. The van der Waals surface area contributed by atoms with Gasteiger partial charge in [-0.25, -0.2) is 4.79 Å². The maximum Gasteiger partial charge on any atom is 0.325 e. The summed E-state index contributed by atoms with van der Waals surface area (Å²) in [5.74, 6) is -0.326. The van der Waals surface area contributed by atoms with Crippen molar-refractivity contribution in [2.45, 2.75) is 25.6 Å². The molecule has 32 heavy (non-hydrogen) atoms. The lowest BCUT2D eigenvalue weighted by molar-refractivity contribution is -0.131. The first kappa shape index (κ1) is 20.4. The van der Waals surface area contributed by atoms with Crippen molar-refractivity contribution in [2.75, 3.05) is 10.2 Å². The number of anilines is 2. The van der Waals surface area contributed by atoms with Crippen LogP contribution in [0, 0.1) is 12.8 Å². The topological polar surface area (TPSA) is 70.7 Å². The SMILES string of the molecule is Cc1ccccc1N1C(=O)N[C@H]2c3ccccc3O[C@@]1(C)[C@@H]2C(=O)Nc1ccc(Cl)cc1. The molecule has 3 aromatic carbocycles. The number of hydrogen-bond acceptors (Lipinski definition) is 3. The normalized spacial score (nSPS) is 23.6. The van der Waals surface area contributed by atoms with E-state index in [0.717, 1.165) is 11.1 Å². The summed E-state index contributed by atoms with van der Waals surface area (Å²) in [6.45, 7) is 3.73. The molecule has 0 aliphatic carbocycles. The highest BCUT2D eigenvalue weighted by Gasteiger charge is 2.60. The molecule has 0 aromatic heterocycles. The molecule has 6 nitrogen and oxygen atoms in total. The van der Waals surface area contributed by atoms with E-state index in [1.807, 2.05) is 55.5 Å². The Kier molecular flexibility index (Phi) is 4.82. The summed E-state index contributed by atoms with van der Waals surface area (Å²) >= 11 is 5.98. The van der Waals surface area contributed by atoms with Crippen molar-refractivity contribution < 1.29 is 14.3 Å². The van der Waals surface area contributed by atoms with Crippen LogP contribution >= 0.6 is 11.6 Å². The second-order valence-electron chi connectivity index (χ2n) is 8.22. The highest BCUT2D eigenvalue weighted by Crippen LogP contribution is 2.50. The molecule has 0 radical (unpaired) electrons. The molecule has 2 heterocycles. The van der Waals surface area contributed by atoms with Crippen LogP contribution in [0.5, 0.6) is 5.75 Å². The number of nitrogens with one attached hydrogen (secondary N) is 2. The van der Waals surface area contributed by atoms with E-state index in [9.17, 15) is 9.59 Å². The van der Waals surface area contributed by atoms with Gasteiger partial charge in [0.2, 0.25) is 11.6 Å². The van der Waals surface area contributed by atoms with Crippen LogP contribution in [0.3, 0.4) is 0 Å². The number of para-hydroxylation sites is 2. The number of rotatable bonds is 3. The van der Waals surface area contributed by atoms with Gasteiger partial charge >= 0.3 is 6.03 Å². The second-order valence-corrected chi connectivity index (χ2v) is 8.65. The summed E-state index contributed by atoms with van der Waals surface area (Å²) in [7, 11) is 0. The number of urea groups is 1. The van der Waals surface area contributed by atoms with Gasteiger partial charge in [-0.15, -0.1) is 0 Å². The quantitative estimate of drug-likeness (QED) is 0.573. The third-order valence-electron chi connectivity index (χ3n) is 6.16. The first-order valence-electron chi connectivity index (χ1n) is 10.4. The molecule has 162 valence electrons. The minimum Gasteiger partial charge on any atom is -0.466 e. The molecular weight excluding hydrogens is 426 g/mol. The molecule has 3 amide bonds. The van der Waals surface area contributed by atoms with E-state index >= 15 is 0 Å². The van der Waals surface area contributed by atoms with E-state index in [0.29, 0.717) is 22.1 Å². The summed E-state index contributed by atoms with van der Waals surface area (Å²) < 4.78 is 6.46. The lowest BCUT2D eigenvalue weighted by Crippen LogP contribution is -2.72. The zero-order valence-corrected chi connectivity index (χ0v) is 18.4. The number of benzene rings is 3. The Hall–Kier alpha value is -3.51. The fraction of sp³-hybridized carbons (Fsp3) is 0.200. The van der Waals surface area contributed by atoms with Crippen molar-refractivity contribution in [1.29, 1.82) is 0 Å². The lowest BCUT2D eigenvalue weighted by Gasteiger charge is -2.54. The molecule has 3 atom stereocenters. The number of halogens is 1. The van der Waals surface area contributed by atoms with Gasteiger partial charge < -0.3 is 15.4 Å². The van der Waals surface area contributed by atoms with E-state index in [1.54, 1.807) is 36.1 Å². The summed E-state index contributed by atoms with van der Waals surface area (Å²) in [4.78, 5) is 28.5. The molecule has 0 saturated carbocycles. The predicted octanol–water partition coefficient (Wildman–Crippen LogP) is 5.28. The second kappa shape index (κ2) is 7.57. The Morgan fingerprint density at radius 3 is 2.50 bits per heavy atom. The Morgan fingerprint density at radius 1 is 1.06 bits per heavy atom. The number of nitrogens with zero attached hydrogens (tertiary/aromatic N) is 1. The Labute approximate surface area is 191 Å². The van der Waals surface area contributed by atoms with Crippen molar-refractivity contribution in [2.24, 2.45) is 5.92 Å². The molecule has 7 heteroatoms. The Morgan fingerprint density at radius 2 is 1.75 bits per heavy atom. The number of fused-ring (bicyclic) bond motifs is 4. The van der Waals surface area contributed by atoms with E-state index in [2.05, 4.69) is 10.6 Å². The van der Waals surface area contributed by atoms with Gasteiger partial charge in [0.1, 0.15) is 11.7 Å². The van der Waals surface area contributed by atoms with Crippen LogP contribution in [0.15, 0.2) is 72.8 Å². The predicted molar refractivity (Wildman–Crippen MR) is 124 cm³/mol. The summed E-state index contributed by atoms with van der Waals surface area (Å²) in [5.41, 5.74) is 1.74. The van der Waals surface area contributed by atoms with Gasteiger partial charge in [-0.05, 0) is 55.8 Å². The first-order valence-corrected chi connectivity index (χ1v) is 10.8. The largest absolute Gasteiger partial charge is 0.466 e. The van der Waals surface area contributed by atoms with Gasteiger partial charge in [0.15, 0.2) is 0 Å². The third kappa shape index (κ3) is 3.19. The van der Waals surface area contributed by atoms with Crippen molar-refractivity contribution in [3.8, 4) is 5.75 Å². The van der Waals surface area contributed by atoms with Crippen LogP contribution in [0.1, 0.15) is 24.1 Å². The molecule has 1 fully saturated rings. The minimum atomic E-state index is -1.25. The molecule has 2 N–H and O–H groups in total. The molecule has 2 aliphatic heterocycles. The third-order valence-corrected chi connectivity index (χ3v) is 6.41. The van der Waals surface area contributed by atoms with E-state index < -0.39 is 17.7 Å². The van der Waals surface area contributed by atoms with Crippen LogP contribution in [-0.4, -0.2) is 17.7 Å². The van der Waals surface area contributed by atoms with Crippen LogP contribution < -0.4 is 20.3 Å². The average molecular weight is 448 g/mol. The lowest BCUT2D eigenvalue weighted by atomic mass is 9.78. The summed E-state index contributed by atoms with van der Waals surface area (Å²) in [6.07, 6.45) is 0. The Balaban J connectivity index is 1.62. The Bertz CT molecular complexity index is 1210. The van der Waals surface area contributed by atoms with Crippen molar-refractivity contribution >= 4 is 34.9 Å². The minimum absolute atomic E-state index is 0.257. The van der Waals surface area contributed by atoms with Gasteiger partial charge in [-0.1, -0.05) is 48.0 Å². The van der Waals surface area contributed by atoms with Gasteiger partial charge in [0, 0.05) is 16.3 Å². The van der Waals surface area contributed by atoms with Gasteiger partial charge in [0.05, 0.1) is 11.7 Å². The van der Waals surface area contributed by atoms with E-state index in [-0.39, 0.29) is 11.9 Å². The standard InChI is InChI=1S/C25H22ClN3O3/c1-15-7-3-5-9-19(15)29-24(31)28-22-18-8-4-6-10-20(18)32-25(29,2)21(22)23(30)27-17-13-11-16(26)12-14-17/h3-14,21-22H,1-2H3,(H,27,30)(H,28,31)/t21-,22-,25-/m0/s1. The maximum absolute atomic E-state index is 13.6. The molecule has 0 spiro atoms. The molecule has 1 saturated heterocycles. The summed E-state index contributed by atoms with van der Waals surface area (Å²) in [6, 6.07) is 21.1. The molecule has 2 bridgehead atoms. The number of hydrogen-bond donors (Lipinski definition) is 2. The van der Waals surface area contributed by atoms with Gasteiger partial charge in [-0.3, -0.25) is 9.69 Å². The van der Waals surface area contributed by atoms with Crippen LogP contribution in [0.4, 0.5) is 16.2 Å². The molecular formula is C25H22ClN3O3. The van der Waals surface area contributed by atoms with Crippen LogP contribution in [0.2, 0.25) is 5.02 Å².